The van der Waals surface area contributed by atoms with Gasteiger partial charge in [0.1, 0.15) is 11.3 Å². The van der Waals surface area contributed by atoms with Crippen LogP contribution in [0.5, 0.6) is 5.75 Å². The normalized spacial score (nSPS) is 11.3. The molecule has 4 nitrogen and oxygen atoms in total. The van der Waals surface area contributed by atoms with E-state index in [1.165, 1.54) is 6.07 Å². The van der Waals surface area contributed by atoms with Crippen LogP contribution < -0.4 is 5.43 Å². The maximum Gasteiger partial charge on any atom is 0.160 e. The van der Waals surface area contributed by atoms with Crippen LogP contribution in [0.4, 0.5) is 5.82 Å². The summed E-state index contributed by atoms with van der Waals surface area (Å²) in [5, 5.41) is 17.3. The van der Waals surface area contributed by atoms with Crippen molar-refractivity contribution in [2.24, 2.45) is 5.10 Å². The highest BCUT2D eigenvalue weighted by molar-refractivity contribution is 7.11. The summed E-state index contributed by atoms with van der Waals surface area (Å²) in [7, 11) is 0. The van der Waals surface area contributed by atoms with Gasteiger partial charge in [0.25, 0.3) is 0 Å². The van der Waals surface area contributed by atoms with E-state index in [0.717, 1.165) is 4.88 Å². The summed E-state index contributed by atoms with van der Waals surface area (Å²) < 4.78 is 0. The molecule has 0 unspecified atom stereocenters. The maximum absolute atomic E-state index is 9.97. The second kappa shape index (κ2) is 5.89. The molecule has 2 aromatic heterocycles. The molecule has 106 valence electrons. The number of fused-ring (bicyclic) bond motifs is 1. The van der Waals surface area contributed by atoms with Crippen LogP contribution in [0.1, 0.15) is 4.88 Å². The lowest BCUT2D eigenvalue weighted by Crippen LogP contribution is -1.93. The van der Waals surface area contributed by atoms with E-state index in [1.54, 1.807) is 29.7 Å². The Labute approximate surface area is 134 Å². The fourth-order valence-corrected chi connectivity index (χ4v) is 2.89. The van der Waals surface area contributed by atoms with Crippen molar-refractivity contribution in [3.05, 3.63) is 50.6 Å². The highest BCUT2D eigenvalue weighted by Crippen LogP contribution is 2.36. The van der Waals surface area contributed by atoms with Crippen LogP contribution in [0.25, 0.3) is 10.9 Å². The third-order valence-electron chi connectivity index (χ3n) is 2.77. The Morgan fingerprint density at radius 2 is 2.10 bits per heavy atom. The van der Waals surface area contributed by atoms with Gasteiger partial charge in [0.2, 0.25) is 0 Å². The van der Waals surface area contributed by atoms with Gasteiger partial charge in [-0.2, -0.15) is 5.10 Å². The van der Waals surface area contributed by atoms with Crippen molar-refractivity contribution in [1.82, 2.24) is 4.98 Å². The second-order valence-corrected chi connectivity index (χ2v) is 5.96. The molecule has 0 bridgehead atoms. The van der Waals surface area contributed by atoms with Gasteiger partial charge in [0.05, 0.1) is 16.3 Å². The van der Waals surface area contributed by atoms with Gasteiger partial charge in [0, 0.05) is 10.3 Å². The van der Waals surface area contributed by atoms with Crippen molar-refractivity contribution >= 4 is 57.5 Å². The number of pyridine rings is 1. The van der Waals surface area contributed by atoms with Crippen LogP contribution in [0.15, 0.2) is 40.8 Å². The standard InChI is InChI=1S/C14H9Cl2N3OS/c15-10-6-11(16)14(20)13-9(10)3-4-12(18-13)19-17-7-8-2-1-5-21-8/h1-7,20H,(H,18,19). The molecule has 0 radical (unpaired) electrons. The smallest absolute Gasteiger partial charge is 0.160 e. The number of phenolic OH excluding ortho intramolecular Hbond substituents is 1. The number of nitrogens with zero attached hydrogens (tertiary/aromatic N) is 2. The van der Waals surface area contributed by atoms with Crippen molar-refractivity contribution in [1.29, 1.82) is 0 Å². The fourth-order valence-electron chi connectivity index (χ4n) is 1.79. The minimum atomic E-state index is -0.0954. The minimum Gasteiger partial charge on any atom is -0.504 e. The molecule has 0 fully saturated rings. The number of aromatic nitrogens is 1. The first-order valence-electron chi connectivity index (χ1n) is 5.95. The summed E-state index contributed by atoms with van der Waals surface area (Å²) >= 11 is 13.6. The maximum atomic E-state index is 9.97. The summed E-state index contributed by atoms with van der Waals surface area (Å²) in [6.07, 6.45) is 1.70. The summed E-state index contributed by atoms with van der Waals surface area (Å²) in [6, 6.07) is 8.87. The van der Waals surface area contributed by atoms with E-state index in [9.17, 15) is 5.11 Å². The van der Waals surface area contributed by atoms with Crippen molar-refractivity contribution in [3.8, 4) is 5.75 Å². The van der Waals surface area contributed by atoms with Gasteiger partial charge in [0.15, 0.2) is 5.75 Å². The van der Waals surface area contributed by atoms with E-state index >= 15 is 0 Å². The zero-order valence-corrected chi connectivity index (χ0v) is 12.9. The number of thiophene rings is 1. The number of phenols is 1. The number of nitrogens with one attached hydrogen (secondary N) is 1. The third-order valence-corrected chi connectivity index (χ3v) is 4.18. The van der Waals surface area contributed by atoms with E-state index in [0.29, 0.717) is 21.7 Å². The molecule has 0 aliphatic rings. The number of hydrazone groups is 1. The van der Waals surface area contributed by atoms with Crippen molar-refractivity contribution in [3.63, 3.8) is 0 Å². The van der Waals surface area contributed by atoms with Crippen LogP contribution in [-0.4, -0.2) is 16.3 Å². The summed E-state index contributed by atoms with van der Waals surface area (Å²) in [5.41, 5.74) is 3.15. The first-order chi connectivity index (χ1) is 10.1. The van der Waals surface area contributed by atoms with Crippen LogP contribution in [-0.2, 0) is 0 Å². The molecule has 7 heteroatoms. The zero-order chi connectivity index (χ0) is 14.8. The summed E-state index contributed by atoms with van der Waals surface area (Å²) in [4.78, 5) is 5.30. The highest BCUT2D eigenvalue weighted by atomic mass is 35.5. The SMILES string of the molecule is Oc1c(Cl)cc(Cl)c2ccc(NN=Cc3cccs3)nc12. The lowest BCUT2D eigenvalue weighted by atomic mass is 10.2. The molecule has 2 heterocycles. The van der Waals surface area contributed by atoms with E-state index < -0.39 is 0 Å². The largest absolute Gasteiger partial charge is 0.504 e. The van der Waals surface area contributed by atoms with Gasteiger partial charge in [-0.15, -0.1) is 11.3 Å². The number of aromatic hydroxyl groups is 1. The average molecular weight is 338 g/mol. The van der Waals surface area contributed by atoms with Crippen LogP contribution in [0.2, 0.25) is 10.0 Å². The van der Waals surface area contributed by atoms with Crippen LogP contribution in [0.3, 0.4) is 0 Å². The molecule has 0 spiro atoms. The molecule has 0 aliphatic carbocycles. The van der Waals surface area contributed by atoms with Crippen molar-refractivity contribution in [2.75, 3.05) is 5.43 Å². The van der Waals surface area contributed by atoms with Gasteiger partial charge in [-0.05, 0) is 29.6 Å². The molecule has 21 heavy (non-hydrogen) atoms. The molecule has 3 rings (SSSR count). The predicted octanol–water partition coefficient (Wildman–Crippen LogP) is 4.75. The number of rotatable bonds is 3. The van der Waals surface area contributed by atoms with Crippen molar-refractivity contribution in [2.45, 2.75) is 0 Å². The lowest BCUT2D eigenvalue weighted by Gasteiger charge is -2.06. The molecule has 3 aromatic rings. The minimum absolute atomic E-state index is 0.0954. The van der Waals surface area contributed by atoms with E-state index in [-0.39, 0.29) is 10.8 Å². The number of hydrogen-bond acceptors (Lipinski definition) is 5. The molecule has 0 atom stereocenters. The summed E-state index contributed by atoms with van der Waals surface area (Å²) in [6.45, 7) is 0. The number of benzene rings is 1. The molecule has 0 saturated carbocycles. The quantitative estimate of drug-likeness (QED) is 0.535. The molecular weight excluding hydrogens is 329 g/mol. The molecular formula is C14H9Cl2N3OS. The molecule has 1 aromatic carbocycles. The van der Waals surface area contributed by atoms with E-state index in [1.807, 2.05) is 17.5 Å². The third kappa shape index (κ3) is 2.95. The first kappa shape index (κ1) is 14.1. The average Bonchev–Trinajstić information content (AvgIpc) is 2.98. The van der Waals surface area contributed by atoms with Gasteiger partial charge < -0.3 is 5.11 Å². The Kier molecular flexibility index (Phi) is 3.96. The van der Waals surface area contributed by atoms with E-state index in [2.05, 4.69) is 15.5 Å². The topological polar surface area (TPSA) is 57.5 Å². The van der Waals surface area contributed by atoms with Crippen LogP contribution >= 0.6 is 34.5 Å². The summed E-state index contributed by atoms with van der Waals surface area (Å²) in [5.74, 6) is 0.394. The Balaban J connectivity index is 1.92. The fraction of sp³-hybridized carbons (Fsp3) is 0. The molecule has 2 N–H and O–H groups in total. The van der Waals surface area contributed by atoms with Gasteiger partial charge in [-0.1, -0.05) is 29.3 Å². The Hall–Kier alpha value is -1.82. The van der Waals surface area contributed by atoms with Gasteiger partial charge in [-0.25, -0.2) is 4.98 Å². The predicted molar refractivity (Wildman–Crippen MR) is 89.0 cm³/mol. The van der Waals surface area contributed by atoms with Gasteiger partial charge >= 0.3 is 0 Å². The van der Waals surface area contributed by atoms with Crippen LogP contribution in [0, 0.1) is 0 Å². The second-order valence-electron chi connectivity index (χ2n) is 4.17. The number of hydrogen-bond donors (Lipinski definition) is 2. The van der Waals surface area contributed by atoms with E-state index in [4.69, 9.17) is 23.2 Å². The Bertz CT molecular complexity index is 819. The highest BCUT2D eigenvalue weighted by Gasteiger charge is 2.11. The Morgan fingerprint density at radius 1 is 1.24 bits per heavy atom. The lowest BCUT2D eigenvalue weighted by molar-refractivity contribution is 0.480. The number of anilines is 1. The number of halogens is 2. The Morgan fingerprint density at radius 3 is 2.86 bits per heavy atom. The monoisotopic (exact) mass is 337 g/mol. The molecule has 0 saturated heterocycles. The van der Waals surface area contributed by atoms with Gasteiger partial charge in [-0.3, -0.25) is 5.43 Å². The first-order valence-corrected chi connectivity index (χ1v) is 7.59. The molecule has 0 amide bonds. The zero-order valence-electron chi connectivity index (χ0n) is 10.5. The molecule has 0 aliphatic heterocycles. The van der Waals surface area contributed by atoms with Crippen molar-refractivity contribution < 1.29 is 5.11 Å².